The molecule has 1 saturated heterocycles. The first-order valence-corrected chi connectivity index (χ1v) is 13.3. The van der Waals surface area contributed by atoms with Crippen molar-refractivity contribution < 1.29 is 23.7 Å². The van der Waals surface area contributed by atoms with Gasteiger partial charge in [-0.15, -0.1) is 0 Å². The number of carbonyl (C=O) groups excluding carboxylic acids is 1. The van der Waals surface area contributed by atoms with Crippen LogP contribution >= 0.6 is 11.6 Å². The number of hydrogen-bond donors (Lipinski definition) is 0. The summed E-state index contributed by atoms with van der Waals surface area (Å²) in [6, 6.07) is 23.7. The van der Waals surface area contributed by atoms with Gasteiger partial charge in [-0.05, 0) is 54.3 Å². The van der Waals surface area contributed by atoms with E-state index >= 15 is 0 Å². The highest BCUT2D eigenvalue weighted by Crippen LogP contribution is 2.41. The topological polar surface area (TPSA) is 54.0 Å². The first-order chi connectivity index (χ1) is 18.0. The Labute approximate surface area is 225 Å². The van der Waals surface area contributed by atoms with Crippen molar-refractivity contribution in [1.29, 1.82) is 0 Å². The molecule has 0 bridgehead atoms. The molecule has 1 aliphatic rings. The smallest absolute Gasteiger partial charge is 0.197 e. The van der Waals surface area contributed by atoms with E-state index in [-0.39, 0.29) is 6.10 Å². The van der Waals surface area contributed by atoms with Gasteiger partial charge in [0.1, 0.15) is 18.1 Å². The Morgan fingerprint density at radius 3 is 2.41 bits per heavy atom. The molecule has 0 saturated carbocycles. The second-order valence-electron chi connectivity index (χ2n) is 8.67. The van der Waals surface area contributed by atoms with Gasteiger partial charge in [0.2, 0.25) is 0 Å². The Kier molecular flexibility index (Phi) is 11.2. The molecular weight excluding hydrogens is 488 g/mol. The average Bonchev–Trinajstić information content (AvgIpc) is 2.95. The summed E-state index contributed by atoms with van der Waals surface area (Å²) < 4.78 is 23.9. The van der Waals surface area contributed by atoms with Crippen LogP contribution in [0.25, 0.3) is 0 Å². The van der Waals surface area contributed by atoms with Crippen LogP contribution < -0.4 is 4.74 Å². The van der Waals surface area contributed by atoms with Crippen molar-refractivity contribution in [2.24, 2.45) is 0 Å². The van der Waals surface area contributed by atoms with Crippen molar-refractivity contribution in [3.05, 3.63) is 100 Å². The quantitative estimate of drug-likeness (QED) is 0.264. The molecule has 0 radical (unpaired) electrons. The molecule has 1 heterocycles. The molecule has 5 nitrogen and oxygen atoms in total. The Morgan fingerprint density at radius 2 is 1.76 bits per heavy atom. The van der Waals surface area contributed by atoms with Crippen molar-refractivity contribution in [3.8, 4) is 5.75 Å². The molecule has 1 unspecified atom stereocenters. The number of benzene rings is 3. The molecule has 6 heteroatoms. The van der Waals surface area contributed by atoms with Gasteiger partial charge >= 0.3 is 0 Å². The molecular formula is C31H37ClO5. The van der Waals surface area contributed by atoms with Crippen molar-refractivity contribution in [2.45, 2.75) is 64.6 Å². The Balaban J connectivity index is 0.00000186. The van der Waals surface area contributed by atoms with E-state index in [0.29, 0.717) is 37.5 Å². The zero-order valence-electron chi connectivity index (χ0n) is 22.1. The lowest BCUT2D eigenvalue weighted by atomic mass is 9.90. The van der Waals surface area contributed by atoms with Crippen molar-refractivity contribution in [2.75, 3.05) is 13.7 Å². The SMILES string of the molecule is CC.CCOc1ccc(Cc2cc([C@@]3(OC)CC(OCc4ccccc4)C[C@@H](C=O)O3)ccc2Cl)cc1. The number of aldehydes is 1. The Bertz CT molecular complexity index is 1100. The van der Waals surface area contributed by atoms with E-state index in [2.05, 4.69) is 0 Å². The fourth-order valence-electron chi connectivity index (χ4n) is 4.45. The number of ether oxygens (including phenoxy) is 4. The van der Waals surface area contributed by atoms with E-state index in [1.54, 1.807) is 7.11 Å². The van der Waals surface area contributed by atoms with Crippen molar-refractivity contribution in [3.63, 3.8) is 0 Å². The van der Waals surface area contributed by atoms with Crippen LogP contribution in [0.1, 0.15) is 55.9 Å². The lowest BCUT2D eigenvalue weighted by molar-refractivity contribution is -0.291. The van der Waals surface area contributed by atoms with Crippen LogP contribution in [0.2, 0.25) is 5.02 Å². The maximum Gasteiger partial charge on any atom is 0.197 e. The molecule has 0 spiro atoms. The van der Waals surface area contributed by atoms with Gasteiger partial charge in [-0.3, -0.25) is 0 Å². The third-order valence-electron chi connectivity index (χ3n) is 6.26. The highest BCUT2D eigenvalue weighted by molar-refractivity contribution is 6.31. The first-order valence-electron chi connectivity index (χ1n) is 12.9. The van der Waals surface area contributed by atoms with Gasteiger partial charge in [-0.2, -0.15) is 0 Å². The minimum absolute atomic E-state index is 0.204. The Morgan fingerprint density at radius 1 is 1.03 bits per heavy atom. The highest BCUT2D eigenvalue weighted by atomic mass is 35.5. The lowest BCUT2D eigenvalue weighted by Crippen LogP contribution is -2.46. The Hall–Kier alpha value is -2.70. The van der Waals surface area contributed by atoms with Crippen LogP contribution in [0, 0.1) is 0 Å². The zero-order chi connectivity index (χ0) is 26.7. The van der Waals surface area contributed by atoms with Gasteiger partial charge in [0, 0.05) is 30.5 Å². The van der Waals surface area contributed by atoms with Crippen LogP contribution in [-0.2, 0) is 37.8 Å². The average molecular weight is 525 g/mol. The lowest BCUT2D eigenvalue weighted by Gasteiger charge is -2.42. The van der Waals surface area contributed by atoms with Gasteiger partial charge in [0.05, 0.1) is 19.3 Å². The maximum absolute atomic E-state index is 11.8. The molecule has 0 aromatic heterocycles. The van der Waals surface area contributed by atoms with Crippen LogP contribution in [0.4, 0.5) is 0 Å². The molecule has 1 fully saturated rings. The summed E-state index contributed by atoms with van der Waals surface area (Å²) in [7, 11) is 1.60. The molecule has 3 aromatic carbocycles. The predicted octanol–water partition coefficient (Wildman–Crippen LogP) is 7.12. The van der Waals surface area contributed by atoms with E-state index in [0.717, 1.165) is 34.3 Å². The van der Waals surface area contributed by atoms with E-state index < -0.39 is 11.9 Å². The second kappa shape index (κ2) is 14.3. The standard InChI is InChI=1S/C29H31ClO5.C2H6/c1-3-33-25-12-9-21(10-13-25)15-23-16-24(11-14-28(23)30)29(32-2)18-26(17-27(19-31)35-29)34-20-22-7-5-4-6-8-22;1-2/h4-14,16,19,26-27H,3,15,17-18,20H2,1-2H3;1-2H3/t26?,27-,29+;/m0./s1. The number of hydrogen-bond acceptors (Lipinski definition) is 5. The molecule has 3 atom stereocenters. The molecule has 4 rings (SSSR count). The number of carbonyl (C=O) groups is 1. The second-order valence-corrected chi connectivity index (χ2v) is 9.07. The third-order valence-corrected chi connectivity index (χ3v) is 6.63. The minimum Gasteiger partial charge on any atom is -0.494 e. The molecule has 0 aliphatic carbocycles. The molecule has 198 valence electrons. The van der Waals surface area contributed by atoms with Crippen LogP contribution in [0.5, 0.6) is 5.75 Å². The van der Waals surface area contributed by atoms with Crippen molar-refractivity contribution in [1.82, 2.24) is 0 Å². The molecule has 0 amide bonds. The van der Waals surface area contributed by atoms with Crippen LogP contribution in [0.15, 0.2) is 72.8 Å². The van der Waals surface area contributed by atoms with Gasteiger partial charge in [0.15, 0.2) is 5.79 Å². The van der Waals surface area contributed by atoms with Gasteiger partial charge in [-0.25, -0.2) is 0 Å². The highest BCUT2D eigenvalue weighted by Gasteiger charge is 2.44. The van der Waals surface area contributed by atoms with Crippen LogP contribution in [-0.4, -0.2) is 32.2 Å². The van der Waals surface area contributed by atoms with E-state index in [1.807, 2.05) is 93.6 Å². The van der Waals surface area contributed by atoms with Gasteiger partial charge in [0.25, 0.3) is 0 Å². The summed E-state index contributed by atoms with van der Waals surface area (Å²) in [5, 5.41) is 0.661. The number of methoxy groups -OCH3 is 1. The molecule has 0 N–H and O–H groups in total. The summed E-state index contributed by atoms with van der Waals surface area (Å²) in [5.74, 6) is -0.268. The monoisotopic (exact) mass is 524 g/mol. The molecule has 1 aliphatic heterocycles. The van der Waals surface area contributed by atoms with E-state index in [1.165, 1.54) is 0 Å². The largest absolute Gasteiger partial charge is 0.494 e. The predicted molar refractivity (Wildman–Crippen MR) is 147 cm³/mol. The van der Waals surface area contributed by atoms with Crippen LogP contribution in [0.3, 0.4) is 0 Å². The number of rotatable bonds is 10. The maximum atomic E-state index is 11.8. The summed E-state index contributed by atoms with van der Waals surface area (Å²) in [4.78, 5) is 11.8. The normalized spacial score (nSPS) is 21.0. The molecule has 3 aromatic rings. The van der Waals surface area contributed by atoms with Gasteiger partial charge < -0.3 is 23.7 Å². The fourth-order valence-corrected chi connectivity index (χ4v) is 4.64. The third kappa shape index (κ3) is 7.65. The van der Waals surface area contributed by atoms with Gasteiger partial charge in [-0.1, -0.05) is 74.0 Å². The summed E-state index contributed by atoms with van der Waals surface area (Å²) in [6.45, 7) is 7.05. The minimum atomic E-state index is -1.11. The summed E-state index contributed by atoms with van der Waals surface area (Å²) in [5.41, 5.74) is 3.95. The first kappa shape index (κ1) is 28.9. The van der Waals surface area contributed by atoms with E-state index in [9.17, 15) is 4.79 Å². The van der Waals surface area contributed by atoms with Crippen molar-refractivity contribution >= 4 is 17.9 Å². The summed E-state index contributed by atoms with van der Waals surface area (Å²) >= 11 is 6.57. The fraction of sp³-hybridized carbons (Fsp3) is 0.387. The molecule has 37 heavy (non-hydrogen) atoms. The zero-order valence-corrected chi connectivity index (χ0v) is 22.9. The van der Waals surface area contributed by atoms with E-state index in [4.69, 9.17) is 30.5 Å². The summed E-state index contributed by atoms with van der Waals surface area (Å²) in [6.07, 6.45) is 1.57. The number of halogens is 1.